The van der Waals surface area contributed by atoms with Crippen LogP contribution in [0.25, 0.3) is 0 Å². The molecule has 1 aliphatic heterocycles. The van der Waals surface area contributed by atoms with Crippen molar-refractivity contribution in [1.82, 2.24) is 5.32 Å². The third kappa shape index (κ3) is 5.99. The molecule has 5 atom stereocenters. The summed E-state index contributed by atoms with van der Waals surface area (Å²) in [6.07, 6.45) is -3.91. The van der Waals surface area contributed by atoms with Crippen molar-refractivity contribution in [3.05, 3.63) is 0 Å². The van der Waals surface area contributed by atoms with Crippen molar-refractivity contribution >= 4 is 11.7 Å². The predicted molar refractivity (Wildman–Crippen MR) is 94.4 cm³/mol. The molecule has 0 aromatic heterocycles. The molecule has 0 spiro atoms. The lowest BCUT2D eigenvalue weighted by Gasteiger charge is -2.45. The van der Waals surface area contributed by atoms with Gasteiger partial charge in [0.1, 0.15) is 30.1 Å². The molecule has 5 unspecified atom stereocenters. The van der Waals surface area contributed by atoms with E-state index in [1.807, 2.05) is 27.7 Å². The Kier molecular flexibility index (Phi) is 7.74. The van der Waals surface area contributed by atoms with Gasteiger partial charge in [0.05, 0.1) is 12.2 Å². The van der Waals surface area contributed by atoms with Crippen LogP contribution in [0, 0.1) is 5.41 Å². The molecule has 3 N–H and O–H groups in total. The van der Waals surface area contributed by atoms with Crippen LogP contribution in [0.5, 0.6) is 0 Å². The third-order valence-corrected chi connectivity index (χ3v) is 4.66. The zero-order valence-corrected chi connectivity index (χ0v) is 16.7. The predicted octanol–water partition coefficient (Wildman–Crippen LogP) is 0.385. The lowest BCUT2D eigenvalue weighted by Crippen LogP contribution is -2.65. The summed E-state index contributed by atoms with van der Waals surface area (Å²) in [6.45, 7) is 10.2. The van der Waals surface area contributed by atoms with E-state index >= 15 is 0 Å². The van der Waals surface area contributed by atoms with E-state index in [1.54, 1.807) is 0 Å². The monoisotopic (exact) mass is 375 g/mol. The fourth-order valence-electron chi connectivity index (χ4n) is 3.27. The number of carbonyl (C=O) groups excluding carboxylic acids is 2. The van der Waals surface area contributed by atoms with E-state index in [-0.39, 0.29) is 18.3 Å². The summed E-state index contributed by atoms with van der Waals surface area (Å²) in [4.78, 5) is 23.4. The number of hydrogen-bond acceptors (Lipinski definition) is 7. The second-order valence-corrected chi connectivity index (χ2v) is 8.20. The van der Waals surface area contributed by atoms with Crippen molar-refractivity contribution in [3.8, 4) is 0 Å². The smallest absolute Gasteiger partial charge is 0.217 e. The first kappa shape index (κ1) is 23.0. The van der Waals surface area contributed by atoms with Gasteiger partial charge in [-0.25, -0.2) is 0 Å². The number of nitrogens with one attached hydrogen (secondary N) is 1. The second kappa shape index (κ2) is 8.75. The number of ketones is 1. The SMILES string of the molecule is COCC1OC(OC(C)(C)CC(C)(C)C(C)=O)C(NC(C)=O)C(O)C1O. The third-order valence-electron chi connectivity index (χ3n) is 4.66. The topological polar surface area (TPSA) is 114 Å². The molecule has 1 fully saturated rings. The quantitative estimate of drug-likeness (QED) is 0.562. The highest BCUT2D eigenvalue weighted by atomic mass is 16.7. The van der Waals surface area contributed by atoms with Gasteiger partial charge in [0.25, 0.3) is 0 Å². The van der Waals surface area contributed by atoms with Crippen LogP contribution in [0.15, 0.2) is 0 Å². The van der Waals surface area contributed by atoms with E-state index in [1.165, 1.54) is 21.0 Å². The van der Waals surface area contributed by atoms with Gasteiger partial charge in [-0.15, -0.1) is 0 Å². The minimum atomic E-state index is -1.28. The number of hydrogen-bond donors (Lipinski definition) is 3. The number of carbonyl (C=O) groups is 2. The molecule has 0 aliphatic carbocycles. The number of amides is 1. The first-order valence-electron chi connectivity index (χ1n) is 8.77. The second-order valence-electron chi connectivity index (χ2n) is 8.20. The first-order chi connectivity index (χ1) is 11.8. The highest BCUT2D eigenvalue weighted by Crippen LogP contribution is 2.34. The van der Waals surface area contributed by atoms with Crippen molar-refractivity contribution in [3.63, 3.8) is 0 Å². The standard InChI is InChI=1S/C18H33NO7/c1-10(20)17(3,4)9-18(5,6)26-16-13(19-11(2)21)15(23)14(22)12(25-16)8-24-7/h12-16,22-23H,8-9H2,1-7H3,(H,19,21). The van der Waals surface area contributed by atoms with Gasteiger partial charge in [-0.05, 0) is 27.2 Å². The number of aliphatic hydroxyl groups is 2. The summed E-state index contributed by atoms with van der Waals surface area (Å²) >= 11 is 0. The van der Waals surface area contributed by atoms with Crippen LogP contribution in [0.4, 0.5) is 0 Å². The van der Waals surface area contributed by atoms with Crippen LogP contribution in [0.2, 0.25) is 0 Å². The molecule has 1 rings (SSSR count). The molecular formula is C18H33NO7. The average molecular weight is 375 g/mol. The maximum atomic E-state index is 11.8. The Morgan fingerprint density at radius 1 is 1.12 bits per heavy atom. The van der Waals surface area contributed by atoms with Gasteiger partial charge in [0.2, 0.25) is 5.91 Å². The molecule has 0 bridgehead atoms. The zero-order valence-electron chi connectivity index (χ0n) is 16.7. The molecule has 1 saturated heterocycles. The number of methoxy groups -OCH3 is 1. The fraction of sp³-hybridized carbons (Fsp3) is 0.889. The summed E-state index contributed by atoms with van der Waals surface area (Å²) in [5.74, 6) is -0.352. The Morgan fingerprint density at radius 2 is 1.69 bits per heavy atom. The summed E-state index contributed by atoms with van der Waals surface area (Å²) in [7, 11) is 1.46. The van der Waals surface area contributed by atoms with Gasteiger partial charge in [0.15, 0.2) is 6.29 Å². The highest BCUT2D eigenvalue weighted by Gasteiger charge is 2.47. The Balaban J connectivity index is 3.01. The van der Waals surface area contributed by atoms with E-state index in [0.29, 0.717) is 6.42 Å². The Labute approximate surface area is 155 Å². The molecule has 1 heterocycles. The summed E-state index contributed by atoms with van der Waals surface area (Å²) < 4.78 is 16.9. The van der Waals surface area contributed by atoms with E-state index < -0.39 is 41.7 Å². The minimum absolute atomic E-state index is 0.0323. The van der Waals surface area contributed by atoms with Crippen molar-refractivity contribution < 1.29 is 34.0 Å². The molecule has 0 saturated carbocycles. The van der Waals surface area contributed by atoms with Crippen LogP contribution in [0.1, 0.15) is 48.0 Å². The molecule has 1 amide bonds. The normalized spacial score (nSPS) is 30.1. The van der Waals surface area contributed by atoms with Gasteiger partial charge in [-0.1, -0.05) is 13.8 Å². The fourth-order valence-corrected chi connectivity index (χ4v) is 3.27. The van der Waals surface area contributed by atoms with E-state index in [0.717, 1.165) is 0 Å². The molecule has 8 nitrogen and oxygen atoms in total. The summed E-state index contributed by atoms with van der Waals surface area (Å²) in [5.41, 5.74) is -1.39. The lowest BCUT2D eigenvalue weighted by atomic mass is 9.79. The summed E-state index contributed by atoms with van der Waals surface area (Å²) in [6, 6.07) is -0.949. The molecule has 8 heteroatoms. The van der Waals surface area contributed by atoms with Crippen molar-refractivity contribution in [2.75, 3.05) is 13.7 Å². The number of aliphatic hydroxyl groups excluding tert-OH is 2. The van der Waals surface area contributed by atoms with Gasteiger partial charge in [0, 0.05) is 19.4 Å². The van der Waals surface area contributed by atoms with E-state index in [4.69, 9.17) is 14.2 Å². The van der Waals surface area contributed by atoms with Crippen LogP contribution >= 0.6 is 0 Å². The molecule has 0 aromatic carbocycles. The van der Waals surface area contributed by atoms with Gasteiger partial charge < -0.3 is 29.7 Å². The summed E-state index contributed by atoms with van der Waals surface area (Å²) in [5, 5.41) is 23.2. The Hall–Kier alpha value is -1.06. The van der Waals surface area contributed by atoms with Gasteiger partial charge >= 0.3 is 0 Å². The van der Waals surface area contributed by atoms with Crippen LogP contribution in [-0.2, 0) is 23.8 Å². The average Bonchev–Trinajstić information content (AvgIpc) is 2.47. The number of Topliss-reactive ketones (excluding diaryl/α,β-unsaturated/α-hetero) is 1. The van der Waals surface area contributed by atoms with Crippen molar-refractivity contribution in [2.45, 2.75) is 84.2 Å². The van der Waals surface area contributed by atoms with E-state index in [9.17, 15) is 19.8 Å². The number of ether oxygens (including phenoxy) is 3. The maximum absolute atomic E-state index is 11.8. The minimum Gasteiger partial charge on any atom is -0.388 e. The van der Waals surface area contributed by atoms with Crippen LogP contribution in [0.3, 0.4) is 0 Å². The molecule has 0 radical (unpaired) electrons. The van der Waals surface area contributed by atoms with Crippen LogP contribution < -0.4 is 5.32 Å². The zero-order chi connectivity index (χ0) is 20.3. The van der Waals surface area contributed by atoms with Crippen molar-refractivity contribution in [2.24, 2.45) is 5.41 Å². The molecule has 1 aliphatic rings. The van der Waals surface area contributed by atoms with Crippen LogP contribution in [-0.4, -0.2) is 71.9 Å². The number of rotatable bonds is 8. The molecule has 0 aromatic rings. The molecule has 26 heavy (non-hydrogen) atoms. The maximum Gasteiger partial charge on any atom is 0.217 e. The molecule has 152 valence electrons. The Morgan fingerprint density at radius 3 is 2.15 bits per heavy atom. The lowest BCUT2D eigenvalue weighted by molar-refractivity contribution is -0.298. The van der Waals surface area contributed by atoms with Crippen molar-refractivity contribution in [1.29, 1.82) is 0 Å². The molecular weight excluding hydrogens is 342 g/mol. The highest BCUT2D eigenvalue weighted by molar-refractivity contribution is 5.81. The first-order valence-corrected chi connectivity index (χ1v) is 8.77. The Bertz CT molecular complexity index is 506. The van der Waals surface area contributed by atoms with Gasteiger partial charge in [-0.3, -0.25) is 9.59 Å². The van der Waals surface area contributed by atoms with Gasteiger partial charge in [-0.2, -0.15) is 0 Å². The van der Waals surface area contributed by atoms with E-state index in [2.05, 4.69) is 5.32 Å². The largest absolute Gasteiger partial charge is 0.388 e.